The predicted molar refractivity (Wildman–Crippen MR) is 95.4 cm³/mol. The monoisotopic (exact) mass is 325 g/mol. The highest BCUT2D eigenvalue weighted by Crippen LogP contribution is 2.63. The number of hydrogen-bond acceptors (Lipinski definition) is 3. The second-order valence-corrected chi connectivity index (χ2v) is 8.74. The summed E-state index contributed by atoms with van der Waals surface area (Å²) in [5.41, 5.74) is 2.81. The molecule has 3 fully saturated rings. The number of hydrogen-bond donors (Lipinski definition) is 1. The lowest BCUT2D eigenvalue weighted by Crippen LogP contribution is -2.68. The third kappa shape index (κ3) is 1.62. The van der Waals surface area contributed by atoms with Crippen molar-refractivity contribution in [2.24, 2.45) is 11.3 Å². The van der Waals surface area contributed by atoms with Crippen LogP contribution in [0, 0.1) is 11.3 Å². The lowest BCUT2D eigenvalue weighted by Gasteiger charge is -2.65. The summed E-state index contributed by atoms with van der Waals surface area (Å²) in [6.07, 6.45) is 4.86. The number of piperidine rings is 2. The van der Waals surface area contributed by atoms with Crippen LogP contribution in [0.5, 0.6) is 5.75 Å². The van der Waals surface area contributed by atoms with Crippen molar-refractivity contribution in [1.82, 2.24) is 4.90 Å². The second-order valence-electron chi connectivity index (χ2n) is 8.74. The van der Waals surface area contributed by atoms with E-state index < -0.39 is 0 Å². The molecule has 4 heterocycles. The first-order chi connectivity index (χ1) is 11.5. The second kappa shape index (κ2) is 4.57. The molecule has 2 aromatic rings. The molecule has 5 atom stereocenters. The van der Waals surface area contributed by atoms with E-state index in [0.29, 0.717) is 17.1 Å². The van der Waals surface area contributed by atoms with Gasteiger partial charge in [0.25, 0.3) is 0 Å². The number of phenols is 1. The Hall–Kier alpha value is -1.48. The minimum Gasteiger partial charge on any atom is -0.508 e. The molecule has 3 aliphatic heterocycles. The Bertz CT molecular complexity index is 825. The SMILES string of the molecule is CCC1(C)CC2CC3c4oc5ccc(O)cc5c4CCN(C2)C31C. The van der Waals surface area contributed by atoms with Crippen LogP contribution in [-0.2, 0) is 6.42 Å². The number of aromatic hydroxyl groups is 1. The van der Waals surface area contributed by atoms with Gasteiger partial charge in [-0.05, 0) is 62.1 Å². The molecule has 1 aliphatic carbocycles. The highest BCUT2D eigenvalue weighted by molar-refractivity contribution is 5.84. The third-order valence-electron chi connectivity index (χ3n) is 7.88. The summed E-state index contributed by atoms with van der Waals surface area (Å²) in [4.78, 5) is 2.77. The molecular weight excluding hydrogens is 298 g/mol. The number of furan rings is 1. The van der Waals surface area contributed by atoms with Crippen LogP contribution in [0.2, 0.25) is 0 Å². The average Bonchev–Trinajstić information content (AvgIpc) is 2.88. The van der Waals surface area contributed by atoms with Crippen molar-refractivity contribution in [3.05, 3.63) is 29.5 Å². The Morgan fingerprint density at radius 1 is 1.33 bits per heavy atom. The van der Waals surface area contributed by atoms with Gasteiger partial charge in [-0.15, -0.1) is 0 Å². The van der Waals surface area contributed by atoms with Gasteiger partial charge in [0.1, 0.15) is 17.1 Å². The van der Waals surface area contributed by atoms with Crippen molar-refractivity contribution in [1.29, 1.82) is 0 Å². The largest absolute Gasteiger partial charge is 0.508 e. The van der Waals surface area contributed by atoms with Crippen LogP contribution in [0.4, 0.5) is 0 Å². The molecule has 24 heavy (non-hydrogen) atoms. The molecule has 1 N–H and O–H groups in total. The molecule has 1 aromatic heterocycles. The van der Waals surface area contributed by atoms with Gasteiger partial charge in [-0.2, -0.15) is 0 Å². The number of phenolic OH excluding ortho intramolecular Hbond substituents is 1. The van der Waals surface area contributed by atoms with Crippen molar-refractivity contribution in [3.8, 4) is 5.75 Å². The first-order valence-corrected chi connectivity index (χ1v) is 9.45. The number of benzene rings is 1. The zero-order valence-electron chi connectivity index (χ0n) is 14.9. The van der Waals surface area contributed by atoms with Gasteiger partial charge in [0.15, 0.2) is 0 Å². The van der Waals surface area contributed by atoms with Gasteiger partial charge in [-0.25, -0.2) is 0 Å². The molecule has 1 aromatic carbocycles. The number of nitrogens with zero attached hydrogens (tertiary/aromatic N) is 1. The molecular formula is C21H27NO2. The van der Waals surface area contributed by atoms with Gasteiger partial charge < -0.3 is 9.52 Å². The van der Waals surface area contributed by atoms with Gasteiger partial charge in [0.05, 0.1) is 0 Å². The highest BCUT2D eigenvalue weighted by atomic mass is 16.3. The summed E-state index contributed by atoms with van der Waals surface area (Å²) in [5, 5.41) is 11.1. The molecule has 1 saturated carbocycles. The Kier molecular flexibility index (Phi) is 2.82. The minimum atomic E-state index is 0.178. The summed E-state index contributed by atoms with van der Waals surface area (Å²) < 4.78 is 6.43. The van der Waals surface area contributed by atoms with E-state index in [2.05, 4.69) is 25.7 Å². The zero-order valence-corrected chi connectivity index (χ0v) is 14.9. The molecule has 3 heteroatoms. The van der Waals surface area contributed by atoms with Crippen LogP contribution in [-0.4, -0.2) is 28.6 Å². The fourth-order valence-electron chi connectivity index (χ4n) is 6.28. The van der Waals surface area contributed by atoms with Crippen LogP contribution >= 0.6 is 0 Å². The van der Waals surface area contributed by atoms with E-state index >= 15 is 0 Å². The van der Waals surface area contributed by atoms with Crippen molar-refractivity contribution >= 4 is 11.0 Å². The van der Waals surface area contributed by atoms with Crippen LogP contribution in [0.15, 0.2) is 22.6 Å². The van der Waals surface area contributed by atoms with Crippen LogP contribution in [0.3, 0.4) is 0 Å². The lowest BCUT2D eigenvalue weighted by atomic mass is 9.50. The van der Waals surface area contributed by atoms with Gasteiger partial charge in [-0.1, -0.05) is 13.8 Å². The maximum absolute atomic E-state index is 9.93. The topological polar surface area (TPSA) is 36.6 Å². The van der Waals surface area contributed by atoms with Crippen molar-refractivity contribution in [3.63, 3.8) is 0 Å². The van der Waals surface area contributed by atoms with Gasteiger partial charge in [-0.3, -0.25) is 4.90 Å². The maximum atomic E-state index is 9.93. The average molecular weight is 325 g/mol. The van der Waals surface area contributed by atoms with E-state index in [1.54, 1.807) is 6.07 Å². The minimum absolute atomic E-state index is 0.178. The highest BCUT2D eigenvalue weighted by Gasteiger charge is 2.62. The Morgan fingerprint density at radius 2 is 2.17 bits per heavy atom. The first-order valence-electron chi connectivity index (χ1n) is 9.45. The quantitative estimate of drug-likeness (QED) is 0.827. The van der Waals surface area contributed by atoms with Crippen LogP contribution in [0.25, 0.3) is 11.0 Å². The van der Waals surface area contributed by atoms with Crippen LogP contribution < -0.4 is 0 Å². The summed E-state index contributed by atoms with van der Waals surface area (Å²) in [5.74, 6) is 2.81. The summed E-state index contributed by atoms with van der Waals surface area (Å²) in [7, 11) is 0. The van der Waals surface area contributed by atoms with E-state index in [-0.39, 0.29) is 5.54 Å². The molecule has 0 spiro atoms. The summed E-state index contributed by atoms with van der Waals surface area (Å²) in [6, 6.07) is 5.56. The van der Waals surface area contributed by atoms with E-state index in [9.17, 15) is 5.11 Å². The fraction of sp³-hybridized carbons (Fsp3) is 0.619. The Morgan fingerprint density at radius 3 is 2.96 bits per heavy atom. The Labute approximate surface area is 143 Å². The van der Waals surface area contributed by atoms with Gasteiger partial charge in [0, 0.05) is 35.5 Å². The van der Waals surface area contributed by atoms with E-state index in [1.165, 1.54) is 37.1 Å². The summed E-state index contributed by atoms with van der Waals surface area (Å²) in [6.45, 7) is 9.71. The molecule has 2 saturated heterocycles. The Balaban J connectivity index is 1.75. The molecule has 5 unspecified atom stereocenters. The smallest absolute Gasteiger partial charge is 0.134 e. The van der Waals surface area contributed by atoms with Gasteiger partial charge in [0.2, 0.25) is 0 Å². The zero-order chi connectivity index (χ0) is 16.7. The van der Waals surface area contributed by atoms with Crippen LogP contribution in [0.1, 0.15) is 57.3 Å². The molecule has 0 amide bonds. The van der Waals surface area contributed by atoms with Crippen molar-refractivity contribution < 1.29 is 9.52 Å². The normalized spacial score (nSPS) is 40.5. The molecule has 3 nitrogen and oxygen atoms in total. The molecule has 4 bridgehead atoms. The van der Waals surface area contributed by atoms with E-state index in [1.807, 2.05) is 12.1 Å². The van der Waals surface area contributed by atoms with Crippen molar-refractivity contribution in [2.75, 3.05) is 13.1 Å². The molecule has 6 rings (SSSR count). The number of fused-ring (bicyclic) bond motifs is 4. The summed E-state index contributed by atoms with van der Waals surface area (Å²) >= 11 is 0. The molecule has 0 radical (unpaired) electrons. The van der Waals surface area contributed by atoms with E-state index in [4.69, 9.17) is 4.42 Å². The van der Waals surface area contributed by atoms with Crippen molar-refractivity contribution in [2.45, 2.75) is 57.9 Å². The standard InChI is InChI=1S/C21H27NO2/c1-4-20(2)11-13-9-17-19-15(7-8-22(12-13)21(17,20)3)16-10-14(23)5-6-18(16)24-19/h5-6,10,13,17,23H,4,7-9,11-12H2,1-3H3. The third-order valence-corrected chi connectivity index (χ3v) is 7.88. The molecule has 128 valence electrons. The first kappa shape index (κ1) is 14.8. The molecule has 4 aliphatic rings. The van der Waals surface area contributed by atoms with E-state index in [0.717, 1.165) is 29.9 Å². The maximum Gasteiger partial charge on any atom is 0.134 e. The fourth-order valence-corrected chi connectivity index (χ4v) is 6.28. The lowest BCUT2D eigenvalue weighted by molar-refractivity contribution is -0.139. The van der Waals surface area contributed by atoms with Gasteiger partial charge >= 0.3 is 0 Å². The number of rotatable bonds is 1. The predicted octanol–water partition coefficient (Wildman–Crippen LogP) is 4.68.